The molecule has 0 spiro atoms. The Bertz CT molecular complexity index is 1180. The van der Waals surface area contributed by atoms with Gasteiger partial charge < -0.3 is 10.6 Å². The summed E-state index contributed by atoms with van der Waals surface area (Å²) in [6.07, 6.45) is 1.27. The lowest BCUT2D eigenvalue weighted by Crippen LogP contribution is -2.42. The average Bonchev–Trinajstić information content (AvgIpc) is 3.46. The lowest BCUT2D eigenvalue weighted by molar-refractivity contribution is 0.0951. The van der Waals surface area contributed by atoms with Crippen molar-refractivity contribution in [2.24, 2.45) is 0 Å². The molecular weight excluding hydrogens is 396 g/mol. The summed E-state index contributed by atoms with van der Waals surface area (Å²) in [6, 6.07) is 27.2. The van der Waals surface area contributed by atoms with Crippen LogP contribution in [0.5, 0.6) is 0 Å². The number of hydrogen-bond donors (Lipinski definition) is 2. The molecular formula is C27H26N4O. The maximum absolute atomic E-state index is 12.5. The number of amides is 1. The van der Waals surface area contributed by atoms with Crippen LogP contribution in [-0.2, 0) is 13.1 Å². The summed E-state index contributed by atoms with van der Waals surface area (Å²) in [7, 11) is 0. The Morgan fingerprint density at radius 2 is 1.78 bits per heavy atom. The van der Waals surface area contributed by atoms with E-state index in [9.17, 15) is 4.79 Å². The molecule has 1 unspecified atom stereocenters. The van der Waals surface area contributed by atoms with E-state index in [0.717, 1.165) is 30.8 Å². The number of nitriles is 1. The van der Waals surface area contributed by atoms with Gasteiger partial charge in [-0.05, 0) is 59.0 Å². The first-order valence-corrected chi connectivity index (χ1v) is 11.1. The fraction of sp³-hybridized carbons (Fsp3) is 0.259. The molecule has 5 heteroatoms. The summed E-state index contributed by atoms with van der Waals surface area (Å²) >= 11 is 0. The van der Waals surface area contributed by atoms with E-state index < -0.39 is 0 Å². The molecule has 2 N–H and O–H groups in total. The van der Waals surface area contributed by atoms with Crippen molar-refractivity contribution in [3.05, 3.63) is 95.1 Å². The number of rotatable bonds is 6. The minimum Gasteiger partial charge on any atom is -0.348 e. The predicted octanol–water partition coefficient (Wildman–Crippen LogP) is 3.70. The maximum Gasteiger partial charge on any atom is 0.251 e. The second-order valence-corrected chi connectivity index (χ2v) is 8.70. The van der Waals surface area contributed by atoms with Crippen LogP contribution in [0.25, 0.3) is 11.1 Å². The molecule has 0 aliphatic carbocycles. The second kappa shape index (κ2) is 8.96. The van der Waals surface area contributed by atoms with Crippen molar-refractivity contribution in [1.29, 1.82) is 5.26 Å². The fourth-order valence-corrected chi connectivity index (χ4v) is 4.80. The van der Waals surface area contributed by atoms with E-state index in [1.807, 2.05) is 12.1 Å². The first-order chi connectivity index (χ1) is 15.7. The number of hydrogen-bond acceptors (Lipinski definition) is 4. The fourth-order valence-electron chi connectivity index (χ4n) is 4.80. The lowest BCUT2D eigenvalue weighted by atomic mass is 10.0. The van der Waals surface area contributed by atoms with Crippen molar-refractivity contribution in [2.75, 3.05) is 13.1 Å². The van der Waals surface area contributed by atoms with Crippen LogP contribution in [0, 0.1) is 11.3 Å². The molecule has 3 aromatic rings. The smallest absolute Gasteiger partial charge is 0.251 e. The Labute approximate surface area is 188 Å². The van der Waals surface area contributed by atoms with Crippen molar-refractivity contribution in [3.63, 3.8) is 0 Å². The number of nitrogens with one attached hydrogen (secondary N) is 2. The van der Waals surface area contributed by atoms with E-state index in [-0.39, 0.29) is 5.91 Å². The van der Waals surface area contributed by atoms with Crippen molar-refractivity contribution in [2.45, 2.75) is 31.6 Å². The van der Waals surface area contributed by atoms with Crippen molar-refractivity contribution in [1.82, 2.24) is 15.5 Å². The van der Waals surface area contributed by atoms with Gasteiger partial charge in [0.1, 0.15) is 0 Å². The molecule has 2 saturated heterocycles. The topological polar surface area (TPSA) is 68.2 Å². The van der Waals surface area contributed by atoms with Gasteiger partial charge in [0, 0.05) is 43.8 Å². The average molecular weight is 423 g/mol. The van der Waals surface area contributed by atoms with Crippen LogP contribution in [0.2, 0.25) is 0 Å². The van der Waals surface area contributed by atoms with Gasteiger partial charge in [-0.1, -0.05) is 42.5 Å². The zero-order valence-electron chi connectivity index (χ0n) is 17.9. The predicted molar refractivity (Wildman–Crippen MR) is 125 cm³/mol. The number of carbonyl (C=O) groups is 1. The van der Waals surface area contributed by atoms with Gasteiger partial charge in [0.25, 0.3) is 5.91 Å². The third-order valence-electron chi connectivity index (χ3n) is 6.45. The zero-order valence-corrected chi connectivity index (χ0v) is 17.9. The van der Waals surface area contributed by atoms with Crippen LogP contribution in [0.1, 0.15) is 33.5 Å². The van der Waals surface area contributed by atoms with Crippen molar-refractivity contribution in [3.8, 4) is 17.2 Å². The van der Waals surface area contributed by atoms with Crippen LogP contribution < -0.4 is 10.6 Å². The quantitative estimate of drug-likeness (QED) is 0.636. The summed E-state index contributed by atoms with van der Waals surface area (Å²) in [5.74, 6) is -0.177. The summed E-state index contributed by atoms with van der Waals surface area (Å²) < 4.78 is 0. The van der Waals surface area contributed by atoms with Gasteiger partial charge in [0.15, 0.2) is 0 Å². The van der Waals surface area contributed by atoms with Gasteiger partial charge in [-0.15, -0.1) is 0 Å². The summed E-state index contributed by atoms with van der Waals surface area (Å²) in [5, 5.41) is 15.6. The summed E-state index contributed by atoms with van der Waals surface area (Å²) in [5.41, 5.74) is 5.71. The molecule has 32 heavy (non-hydrogen) atoms. The third-order valence-corrected chi connectivity index (χ3v) is 6.45. The van der Waals surface area contributed by atoms with E-state index >= 15 is 0 Å². The van der Waals surface area contributed by atoms with Gasteiger partial charge >= 0.3 is 0 Å². The highest BCUT2D eigenvalue weighted by Gasteiger charge is 2.37. The van der Waals surface area contributed by atoms with Gasteiger partial charge in [-0.2, -0.15) is 5.26 Å². The second-order valence-electron chi connectivity index (χ2n) is 8.70. The summed E-state index contributed by atoms with van der Waals surface area (Å²) in [6.45, 7) is 3.68. The van der Waals surface area contributed by atoms with Gasteiger partial charge in [-0.25, -0.2) is 0 Å². The third kappa shape index (κ3) is 4.43. The van der Waals surface area contributed by atoms with E-state index in [1.165, 1.54) is 17.5 Å². The van der Waals surface area contributed by atoms with E-state index in [1.54, 1.807) is 24.3 Å². The number of nitrogens with zero attached hydrogens (tertiary/aromatic N) is 2. The minimum absolute atomic E-state index is 0.177. The minimum atomic E-state index is -0.177. The standard InChI is InChI=1S/C27H26N4O/c28-14-19-4-1-9-24(10-19)27(32)30-15-20-5-2-7-22(11-20)23-8-3-6-21(12-23)17-31-18-25-13-26(31)16-29-25/h1-12,25-26,29H,13,15-18H2,(H,30,32)/t25-,26?/m1/s1. The first kappa shape index (κ1) is 20.4. The molecule has 5 nitrogen and oxygen atoms in total. The Morgan fingerprint density at radius 3 is 2.50 bits per heavy atom. The maximum atomic E-state index is 12.5. The largest absolute Gasteiger partial charge is 0.348 e. The van der Waals surface area contributed by atoms with Gasteiger partial charge in [0.2, 0.25) is 0 Å². The molecule has 2 aliphatic heterocycles. The number of carbonyl (C=O) groups excluding carboxylic acids is 1. The number of likely N-dealkylation sites (tertiary alicyclic amines) is 1. The molecule has 160 valence electrons. The van der Waals surface area contributed by atoms with Crippen LogP contribution in [-0.4, -0.2) is 36.0 Å². The molecule has 2 heterocycles. The van der Waals surface area contributed by atoms with Crippen LogP contribution in [0.15, 0.2) is 72.8 Å². The Hall–Kier alpha value is -3.46. The van der Waals surface area contributed by atoms with Crippen molar-refractivity contribution < 1.29 is 4.79 Å². The molecule has 1 amide bonds. The molecule has 2 aliphatic rings. The molecule has 3 aromatic carbocycles. The lowest BCUT2D eigenvalue weighted by Gasteiger charge is -2.27. The highest BCUT2D eigenvalue weighted by atomic mass is 16.1. The van der Waals surface area contributed by atoms with Crippen LogP contribution in [0.4, 0.5) is 0 Å². The Balaban J connectivity index is 1.26. The normalized spacial score (nSPS) is 19.6. The van der Waals surface area contributed by atoms with Gasteiger partial charge in [0.05, 0.1) is 11.6 Å². The molecule has 2 bridgehead atoms. The van der Waals surface area contributed by atoms with E-state index in [0.29, 0.717) is 29.8 Å². The van der Waals surface area contributed by atoms with Crippen molar-refractivity contribution >= 4 is 5.91 Å². The van der Waals surface area contributed by atoms with E-state index in [4.69, 9.17) is 5.26 Å². The number of fused-ring (bicyclic) bond motifs is 2. The van der Waals surface area contributed by atoms with Gasteiger partial charge in [-0.3, -0.25) is 9.69 Å². The SMILES string of the molecule is N#Cc1cccc(C(=O)NCc2cccc(-c3cccc(CN4C[C@H]5CC4CN5)c3)c2)c1. The number of benzene rings is 3. The monoisotopic (exact) mass is 422 g/mol. The highest BCUT2D eigenvalue weighted by molar-refractivity contribution is 5.94. The molecule has 0 saturated carbocycles. The highest BCUT2D eigenvalue weighted by Crippen LogP contribution is 2.27. The number of piperazine rings is 1. The first-order valence-electron chi connectivity index (χ1n) is 11.1. The van der Waals surface area contributed by atoms with E-state index in [2.05, 4.69) is 58.0 Å². The van der Waals surface area contributed by atoms with Crippen LogP contribution in [0.3, 0.4) is 0 Å². The molecule has 5 rings (SSSR count). The Kier molecular flexibility index (Phi) is 5.72. The summed E-state index contributed by atoms with van der Waals surface area (Å²) in [4.78, 5) is 15.1. The molecule has 0 radical (unpaired) electrons. The molecule has 2 atom stereocenters. The molecule has 2 fully saturated rings. The molecule has 0 aromatic heterocycles. The Morgan fingerprint density at radius 1 is 1.03 bits per heavy atom. The van der Waals surface area contributed by atoms with Crippen LogP contribution >= 0.6 is 0 Å². The zero-order chi connectivity index (χ0) is 21.9.